The first-order valence-corrected chi connectivity index (χ1v) is 11.0. The Morgan fingerprint density at radius 3 is 2.61 bits per heavy atom. The normalized spacial score (nSPS) is 16.4. The van der Waals surface area contributed by atoms with Gasteiger partial charge in [0, 0.05) is 44.1 Å². The lowest BCUT2D eigenvalue weighted by atomic mass is 9.95. The summed E-state index contributed by atoms with van der Waals surface area (Å²) in [5.74, 6) is -1.13. The fraction of sp³-hybridized carbons (Fsp3) is 0.222. The molecule has 1 aliphatic heterocycles. The van der Waals surface area contributed by atoms with Crippen molar-refractivity contribution in [2.24, 2.45) is 5.92 Å². The van der Waals surface area contributed by atoms with E-state index in [0.717, 1.165) is 16.7 Å². The van der Waals surface area contributed by atoms with E-state index in [1.807, 2.05) is 30.3 Å². The van der Waals surface area contributed by atoms with Crippen molar-refractivity contribution in [3.05, 3.63) is 103 Å². The molecule has 6 heteroatoms. The number of rotatable bonds is 6. The third-order valence-corrected chi connectivity index (χ3v) is 5.87. The minimum atomic E-state index is -0.454. The predicted molar refractivity (Wildman–Crippen MR) is 126 cm³/mol. The van der Waals surface area contributed by atoms with Crippen LogP contribution in [0.15, 0.2) is 85.7 Å². The topological polar surface area (TPSA) is 53.5 Å². The SMILES string of the molecule is C=CCN1CCN(C(=O)c2cccc(F)c2)CC(Cc2cccc(-c3ccncc3)c2)C1=O. The molecule has 1 unspecified atom stereocenters. The van der Waals surface area contributed by atoms with Crippen LogP contribution in [0.4, 0.5) is 4.39 Å². The number of amides is 2. The molecule has 0 N–H and O–H groups in total. The van der Waals surface area contributed by atoms with Gasteiger partial charge in [0.05, 0.1) is 5.92 Å². The van der Waals surface area contributed by atoms with Crippen molar-refractivity contribution in [2.45, 2.75) is 6.42 Å². The van der Waals surface area contributed by atoms with Gasteiger partial charge in [-0.05, 0) is 53.4 Å². The van der Waals surface area contributed by atoms with Crippen molar-refractivity contribution in [3.8, 4) is 11.1 Å². The quantitative estimate of drug-likeness (QED) is 0.536. The Morgan fingerprint density at radius 1 is 1.06 bits per heavy atom. The van der Waals surface area contributed by atoms with E-state index in [1.165, 1.54) is 18.2 Å². The Morgan fingerprint density at radius 2 is 1.85 bits per heavy atom. The number of hydrogen-bond acceptors (Lipinski definition) is 3. The van der Waals surface area contributed by atoms with E-state index < -0.39 is 11.7 Å². The number of carbonyl (C=O) groups excluding carboxylic acids is 2. The van der Waals surface area contributed by atoms with E-state index in [-0.39, 0.29) is 23.9 Å². The second kappa shape index (κ2) is 10.2. The van der Waals surface area contributed by atoms with E-state index >= 15 is 0 Å². The first-order chi connectivity index (χ1) is 16.0. The Kier molecular flexibility index (Phi) is 6.93. The monoisotopic (exact) mass is 443 g/mol. The van der Waals surface area contributed by atoms with Gasteiger partial charge in [0.2, 0.25) is 5.91 Å². The summed E-state index contributed by atoms with van der Waals surface area (Å²) in [6.07, 6.45) is 5.70. The number of halogens is 1. The van der Waals surface area contributed by atoms with E-state index in [2.05, 4.69) is 17.6 Å². The molecule has 0 radical (unpaired) electrons. The average Bonchev–Trinajstić information content (AvgIpc) is 2.99. The molecule has 3 aromatic rings. The van der Waals surface area contributed by atoms with Crippen LogP contribution < -0.4 is 0 Å². The standard InChI is InChI=1S/C27H26FN3O2/c1-2-13-30-14-15-31(26(32)23-7-4-8-25(28)18-23)19-24(27(30)33)17-20-5-3-6-22(16-20)21-9-11-29-12-10-21/h2-12,16,18,24H,1,13-15,17,19H2. The molecule has 0 saturated carbocycles. The summed E-state index contributed by atoms with van der Waals surface area (Å²) in [5, 5.41) is 0. The molecule has 0 aliphatic carbocycles. The summed E-state index contributed by atoms with van der Waals surface area (Å²) < 4.78 is 13.7. The van der Waals surface area contributed by atoms with E-state index in [1.54, 1.807) is 34.3 Å². The lowest BCUT2D eigenvalue weighted by molar-refractivity contribution is -0.134. The Labute approximate surface area is 193 Å². The zero-order valence-electron chi connectivity index (χ0n) is 18.4. The van der Waals surface area contributed by atoms with Gasteiger partial charge in [-0.25, -0.2) is 4.39 Å². The molecule has 0 bridgehead atoms. The number of pyridine rings is 1. The number of benzene rings is 2. The Balaban J connectivity index is 1.59. The lowest BCUT2D eigenvalue weighted by Gasteiger charge is -2.24. The van der Waals surface area contributed by atoms with Gasteiger partial charge >= 0.3 is 0 Å². The molecule has 168 valence electrons. The van der Waals surface area contributed by atoms with Crippen molar-refractivity contribution < 1.29 is 14.0 Å². The second-order valence-electron chi connectivity index (χ2n) is 8.17. The van der Waals surface area contributed by atoms with Crippen molar-refractivity contribution >= 4 is 11.8 Å². The molecule has 2 heterocycles. The predicted octanol–water partition coefficient (Wildman–Crippen LogP) is 4.22. The highest BCUT2D eigenvalue weighted by Crippen LogP contribution is 2.23. The maximum Gasteiger partial charge on any atom is 0.254 e. The van der Waals surface area contributed by atoms with Crippen molar-refractivity contribution in [3.63, 3.8) is 0 Å². The van der Waals surface area contributed by atoms with Crippen LogP contribution in [0.3, 0.4) is 0 Å². The molecule has 4 rings (SSSR count). The first-order valence-electron chi connectivity index (χ1n) is 11.0. The smallest absolute Gasteiger partial charge is 0.254 e. The van der Waals surface area contributed by atoms with Crippen LogP contribution in [-0.2, 0) is 11.2 Å². The minimum Gasteiger partial charge on any atom is -0.337 e. The van der Waals surface area contributed by atoms with Gasteiger partial charge < -0.3 is 9.80 Å². The van der Waals surface area contributed by atoms with Crippen LogP contribution >= 0.6 is 0 Å². The molecule has 5 nitrogen and oxygen atoms in total. The molecule has 1 atom stereocenters. The maximum atomic E-state index is 13.7. The summed E-state index contributed by atoms with van der Waals surface area (Å²) in [5.41, 5.74) is 3.40. The summed E-state index contributed by atoms with van der Waals surface area (Å²) in [7, 11) is 0. The summed E-state index contributed by atoms with van der Waals surface area (Å²) in [6, 6.07) is 17.6. The van der Waals surface area contributed by atoms with Gasteiger partial charge in [0.15, 0.2) is 0 Å². The van der Waals surface area contributed by atoms with Gasteiger partial charge in [-0.15, -0.1) is 6.58 Å². The summed E-state index contributed by atoms with van der Waals surface area (Å²) >= 11 is 0. The molecule has 2 aromatic carbocycles. The number of carbonyl (C=O) groups is 2. The molecule has 33 heavy (non-hydrogen) atoms. The Bertz CT molecular complexity index is 1150. The van der Waals surface area contributed by atoms with Gasteiger partial charge in [0.1, 0.15) is 5.82 Å². The molecular formula is C27H26FN3O2. The number of nitrogens with zero attached hydrogens (tertiary/aromatic N) is 3. The third kappa shape index (κ3) is 5.34. The maximum absolute atomic E-state index is 13.7. The average molecular weight is 444 g/mol. The fourth-order valence-electron chi connectivity index (χ4n) is 4.23. The van der Waals surface area contributed by atoms with Crippen molar-refractivity contribution in [2.75, 3.05) is 26.2 Å². The fourth-order valence-corrected chi connectivity index (χ4v) is 4.23. The molecular weight excluding hydrogens is 417 g/mol. The summed E-state index contributed by atoms with van der Waals surface area (Å²) in [4.78, 5) is 33.9. The summed E-state index contributed by atoms with van der Waals surface area (Å²) in [6.45, 7) is 5.28. The van der Waals surface area contributed by atoms with Crippen LogP contribution in [0.2, 0.25) is 0 Å². The van der Waals surface area contributed by atoms with Crippen LogP contribution in [0.25, 0.3) is 11.1 Å². The zero-order chi connectivity index (χ0) is 23.2. The molecule has 1 aromatic heterocycles. The Hall–Kier alpha value is -3.80. The molecule has 1 fully saturated rings. The highest BCUT2D eigenvalue weighted by molar-refractivity contribution is 5.95. The molecule has 1 aliphatic rings. The minimum absolute atomic E-state index is 0.00115. The van der Waals surface area contributed by atoms with Crippen LogP contribution in [0.5, 0.6) is 0 Å². The zero-order valence-corrected chi connectivity index (χ0v) is 18.4. The van der Waals surface area contributed by atoms with E-state index in [9.17, 15) is 14.0 Å². The highest BCUT2D eigenvalue weighted by Gasteiger charge is 2.32. The lowest BCUT2D eigenvalue weighted by Crippen LogP contribution is -2.38. The van der Waals surface area contributed by atoms with Gasteiger partial charge in [-0.2, -0.15) is 0 Å². The largest absolute Gasteiger partial charge is 0.337 e. The van der Waals surface area contributed by atoms with Gasteiger partial charge in [0.25, 0.3) is 5.91 Å². The van der Waals surface area contributed by atoms with Crippen molar-refractivity contribution in [1.29, 1.82) is 0 Å². The van der Waals surface area contributed by atoms with Gasteiger partial charge in [-0.3, -0.25) is 14.6 Å². The molecule has 1 saturated heterocycles. The van der Waals surface area contributed by atoms with Crippen LogP contribution in [-0.4, -0.2) is 52.8 Å². The molecule has 2 amide bonds. The van der Waals surface area contributed by atoms with Crippen LogP contribution in [0.1, 0.15) is 15.9 Å². The first kappa shape index (κ1) is 22.4. The molecule has 0 spiro atoms. The second-order valence-corrected chi connectivity index (χ2v) is 8.17. The number of aromatic nitrogens is 1. The highest BCUT2D eigenvalue weighted by atomic mass is 19.1. The van der Waals surface area contributed by atoms with Gasteiger partial charge in [-0.1, -0.05) is 36.4 Å². The van der Waals surface area contributed by atoms with E-state index in [4.69, 9.17) is 0 Å². The van der Waals surface area contributed by atoms with Crippen LogP contribution in [0, 0.1) is 11.7 Å². The third-order valence-electron chi connectivity index (χ3n) is 5.87. The van der Waals surface area contributed by atoms with E-state index in [0.29, 0.717) is 26.1 Å². The number of hydrogen-bond donors (Lipinski definition) is 0. The van der Waals surface area contributed by atoms with Crippen molar-refractivity contribution in [1.82, 2.24) is 14.8 Å².